The van der Waals surface area contributed by atoms with Gasteiger partial charge in [0.25, 0.3) is 0 Å². The van der Waals surface area contributed by atoms with E-state index in [2.05, 4.69) is 4.98 Å². The molecule has 8 heteroatoms. The number of aromatic carboxylic acids is 1. The van der Waals surface area contributed by atoms with E-state index in [0.29, 0.717) is 42.7 Å². The van der Waals surface area contributed by atoms with Crippen LogP contribution in [-0.4, -0.2) is 35.2 Å². The number of rotatable bonds is 3. The number of benzene rings is 1. The average Bonchev–Trinajstić information content (AvgIpc) is 3.15. The minimum Gasteiger partial charge on any atom is -0.477 e. The van der Waals surface area contributed by atoms with Crippen LogP contribution in [0.2, 0.25) is 0 Å². The molecule has 0 bridgehead atoms. The number of nitrogens with one attached hydrogen (secondary N) is 1. The van der Waals surface area contributed by atoms with Crippen molar-refractivity contribution >= 4 is 34.2 Å². The number of anilines is 1. The number of hydrogen-bond acceptors (Lipinski definition) is 4. The second-order valence-electron chi connectivity index (χ2n) is 6.80. The third-order valence-electron chi connectivity index (χ3n) is 5.01. The largest absolute Gasteiger partial charge is 0.477 e. The summed E-state index contributed by atoms with van der Waals surface area (Å²) in [7, 11) is 0. The van der Waals surface area contributed by atoms with Crippen LogP contribution in [-0.2, 0) is 4.87 Å². The summed E-state index contributed by atoms with van der Waals surface area (Å²) in [6, 6.07) is 1.06. The van der Waals surface area contributed by atoms with E-state index in [1.165, 1.54) is 0 Å². The van der Waals surface area contributed by atoms with Crippen LogP contribution in [0.25, 0.3) is 10.9 Å². The molecule has 1 unspecified atom stereocenters. The van der Waals surface area contributed by atoms with Crippen molar-refractivity contribution in [3.8, 4) is 0 Å². The maximum Gasteiger partial charge on any atom is 0.341 e. The Morgan fingerprint density at radius 3 is 2.76 bits per heavy atom. The monoisotopic (exact) mass is 365 g/mol. The molecule has 6 nitrogen and oxygen atoms in total. The van der Waals surface area contributed by atoms with Crippen molar-refractivity contribution in [1.82, 2.24) is 4.98 Å². The number of aromatic nitrogens is 1. The molecule has 2 heterocycles. The molecular formula is C17H17ClFN3O3. The fraction of sp³-hybridized carbons (Fsp3) is 0.412. The van der Waals surface area contributed by atoms with Crippen molar-refractivity contribution in [2.45, 2.75) is 30.2 Å². The van der Waals surface area contributed by atoms with Gasteiger partial charge in [-0.1, -0.05) is 0 Å². The van der Waals surface area contributed by atoms with Crippen LogP contribution in [0, 0.1) is 5.82 Å². The summed E-state index contributed by atoms with van der Waals surface area (Å²) in [4.78, 5) is 27.6. The Labute approximate surface area is 147 Å². The third-order valence-corrected chi connectivity index (χ3v) is 5.58. The number of carboxylic acid groups (broad SMARTS) is 1. The molecule has 1 saturated carbocycles. The number of H-pyrrole nitrogens is 1. The van der Waals surface area contributed by atoms with E-state index in [1.54, 1.807) is 0 Å². The minimum atomic E-state index is -1.35. The van der Waals surface area contributed by atoms with Gasteiger partial charge in [-0.3, -0.25) is 4.79 Å². The van der Waals surface area contributed by atoms with Crippen molar-refractivity contribution in [1.29, 1.82) is 0 Å². The third kappa shape index (κ3) is 2.49. The number of nitrogens with two attached hydrogens (primary N) is 1. The second kappa shape index (κ2) is 5.44. The van der Waals surface area contributed by atoms with E-state index in [0.717, 1.165) is 18.7 Å². The average molecular weight is 366 g/mol. The summed E-state index contributed by atoms with van der Waals surface area (Å²) in [5, 5.41) is 9.14. The zero-order valence-corrected chi connectivity index (χ0v) is 14.1. The lowest BCUT2D eigenvalue weighted by Gasteiger charge is -2.26. The summed E-state index contributed by atoms with van der Waals surface area (Å²) in [5.41, 5.74) is 6.12. The van der Waals surface area contributed by atoms with Gasteiger partial charge in [0.1, 0.15) is 11.4 Å². The first kappa shape index (κ1) is 16.4. The molecule has 2 fully saturated rings. The first-order valence-corrected chi connectivity index (χ1v) is 8.51. The Bertz CT molecular complexity index is 954. The number of hydrogen-bond donors (Lipinski definition) is 3. The zero-order chi connectivity index (χ0) is 17.9. The first-order valence-electron chi connectivity index (χ1n) is 8.13. The van der Waals surface area contributed by atoms with Crippen molar-refractivity contribution in [3.05, 3.63) is 39.4 Å². The Balaban J connectivity index is 2.03. The smallest absolute Gasteiger partial charge is 0.341 e. The van der Waals surface area contributed by atoms with Gasteiger partial charge in [-0.2, -0.15) is 0 Å². The molecule has 0 amide bonds. The molecule has 132 valence electrons. The van der Waals surface area contributed by atoms with Crippen LogP contribution in [0.3, 0.4) is 0 Å². The molecule has 2 aliphatic rings. The van der Waals surface area contributed by atoms with Crippen LogP contribution in [0.15, 0.2) is 17.1 Å². The highest BCUT2D eigenvalue weighted by atomic mass is 35.5. The van der Waals surface area contributed by atoms with Crippen molar-refractivity contribution in [3.63, 3.8) is 0 Å². The van der Waals surface area contributed by atoms with E-state index in [-0.39, 0.29) is 11.4 Å². The maximum absolute atomic E-state index is 15.0. The lowest BCUT2D eigenvalue weighted by molar-refractivity contribution is 0.0695. The van der Waals surface area contributed by atoms with Crippen LogP contribution in [0.4, 0.5) is 10.1 Å². The molecule has 1 aliphatic carbocycles. The SMILES string of the molecule is NC1CCN(c2c(F)cc3c(=O)c(C(=O)O)c[nH]c3c2C2(Cl)CC2)C1. The van der Waals surface area contributed by atoms with Gasteiger partial charge in [0.2, 0.25) is 5.43 Å². The van der Waals surface area contributed by atoms with Gasteiger partial charge in [-0.15, -0.1) is 11.6 Å². The summed E-state index contributed by atoms with van der Waals surface area (Å²) < 4.78 is 15.0. The summed E-state index contributed by atoms with van der Waals surface area (Å²) >= 11 is 6.63. The van der Waals surface area contributed by atoms with Crippen LogP contribution >= 0.6 is 11.6 Å². The van der Waals surface area contributed by atoms with Gasteiger partial charge < -0.3 is 20.7 Å². The number of fused-ring (bicyclic) bond motifs is 1. The zero-order valence-electron chi connectivity index (χ0n) is 13.3. The molecular weight excluding hydrogens is 349 g/mol. The van der Waals surface area contributed by atoms with Gasteiger partial charge in [-0.25, -0.2) is 9.18 Å². The van der Waals surface area contributed by atoms with Gasteiger partial charge in [0.15, 0.2) is 0 Å². The molecule has 25 heavy (non-hydrogen) atoms. The Morgan fingerprint density at radius 2 is 2.20 bits per heavy atom. The van der Waals surface area contributed by atoms with Gasteiger partial charge >= 0.3 is 5.97 Å². The van der Waals surface area contributed by atoms with E-state index in [9.17, 15) is 14.0 Å². The molecule has 4 N–H and O–H groups in total. The minimum absolute atomic E-state index is 0.00608. The summed E-state index contributed by atoms with van der Waals surface area (Å²) in [6.07, 6.45) is 3.24. The first-order chi connectivity index (χ1) is 11.8. The van der Waals surface area contributed by atoms with Crippen molar-refractivity contribution < 1.29 is 14.3 Å². The molecule has 1 aromatic carbocycles. The van der Waals surface area contributed by atoms with Gasteiger partial charge in [0.05, 0.1) is 16.1 Å². The Morgan fingerprint density at radius 1 is 1.48 bits per heavy atom. The summed E-state index contributed by atoms with van der Waals surface area (Å²) in [5.74, 6) is -1.93. The molecule has 0 spiro atoms. The standard InChI is InChI=1S/C17H17ClFN3O3/c18-17(2-3-17)12-13-9(15(23)10(6-21-13)16(24)25)5-11(19)14(12)22-4-1-8(20)7-22/h5-6,8H,1-4,7,20H2,(H,21,23)(H,24,25). The predicted molar refractivity (Wildman–Crippen MR) is 93.1 cm³/mol. The maximum atomic E-state index is 15.0. The molecule has 1 aliphatic heterocycles. The number of carbonyl (C=O) groups is 1. The van der Waals surface area contributed by atoms with Crippen LogP contribution < -0.4 is 16.1 Å². The Hall–Kier alpha value is -2.12. The van der Waals surface area contributed by atoms with Crippen LogP contribution in [0.5, 0.6) is 0 Å². The topological polar surface area (TPSA) is 99.4 Å². The molecule has 1 saturated heterocycles. The van der Waals surface area contributed by atoms with Crippen molar-refractivity contribution in [2.75, 3.05) is 18.0 Å². The quantitative estimate of drug-likeness (QED) is 0.724. The highest BCUT2D eigenvalue weighted by molar-refractivity contribution is 6.27. The molecule has 1 aromatic heterocycles. The summed E-state index contributed by atoms with van der Waals surface area (Å²) in [6.45, 7) is 1.13. The number of carboxylic acids is 1. The lowest BCUT2D eigenvalue weighted by atomic mass is 10.00. The van der Waals surface area contributed by atoms with E-state index < -0.39 is 27.7 Å². The predicted octanol–water partition coefficient (Wildman–Crippen LogP) is 2.13. The van der Waals surface area contributed by atoms with Crippen LogP contribution in [0.1, 0.15) is 35.2 Å². The van der Waals surface area contributed by atoms with Gasteiger partial charge in [-0.05, 0) is 25.3 Å². The Kier molecular flexibility index (Phi) is 3.56. The van der Waals surface area contributed by atoms with Crippen molar-refractivity contribution in [2.24, 2.45) is 5.73 Å². The van der Waals surface area contributed by atoms with E-state index in [4.69, 9.17) is 22.4 Å². The van der Waals surface area contributed by atoms with E-state index in [1.807, 2.05) is 4.90 Å². The second-order valence-corrected chi connectivity index (χ2v) is 7.52. The number of aromatic amines is 1. The van der Waals surface area contributed by atoms with Gasteiger partial charge in [0, 0.05) is 36.3 Å². The highest BCUT2D eigenvalue weighted by Crippen LogP contribution is 2.57. The van der Waals surface area contributed by atoms with E-state index >= 15 is 0 Å². The normalized spacial score (nSPS) is 21.7. The number of halogens is 2. The molecule has 4 rings (SSSR count). The number of pyridine rings is 1. The fourth-order valence-electron chi connectivity index (χ4n) is 3.58. The number of nitrogens with zero attached hydrogens (tertiary/aromatic N) is 1. The molecule has 0 radical (unpaired) electrons. The number of alkyl halides is 1. The lowest BCUT2D eigenvalue weighted by Crippen LogP contribution is -2.29. The highest BCUT2D eigenvalue weighted by Gasteiger charge is 2.47. The fourth-order valence-corrected chi connectivity index (χ4v) is 3.86. The molecule has 2 aromatic rings. The molecule has 1 atom stereocenters.